The molecule has 6 nitrogen and oxygen atoms in total. The van der Waals surface area contributed by atoms with Gasteiger partial charge in [-0.25, -0.2) is 29.9 Å². The standard InChI is InChI=1S/C43H28N6.CH4/c1-5-17-29(18-6-1)37-44-38(30-19-7-2-8-20-30)47-41(46-37)43(35-27-15-13-25-33(35)34-26-14-16-28-36(34)43)42-48-39(31-21-9-3-10-22-31)45-40(49-42)32-23-11-4-12-24-32;/h1-28H;1H4. The van der Waals surface area contributed by atoms with Crippen molar-refractivity contribution in [1.82, 2.24) is 29.9 Å². The average molecular weight is 645 g/mol. The maximum atomic E-state index is 5.34. The van der Waals surface area contributed by atoms with Gasteiger partial charge in [-0.1, -0.05) is 177 Å². The predicted octanol–water partition coefficient (Wildman–Crippen LogP) is 9.72. The van der Waals surface area contributed by atoms with Crippen LogP contribution in [0, 0.1) is 0 Å². The molecule has 0 spiro atoms. The second-order valence-electron chi connectivity index (χ2n) is 11.9. The Balaban J connectivity index is 0.00000361. The highest BCUT2D eigenvalue weighted by molar-refractivity contribution is 5.85. The van der Waals surface area contributed by atoms with Crippen molar-refractivity contribution in [1.29, 1.82) is 0 Å². The molecule has 0 aliphatic heterocycles. The van der Waals surface area contributed by atoms with Crippen molar-refractivity contribution in [2.24, 2.45) is 0 Å². The van der Waals surface area contributed by atoms with Crippen molar-refractivity contribution < 1.29 is 0 Å². The molecule has 0 bridgehead atoms. The number of hydrogen-bond acceptors (Lipinski definition) is 6. The molecule has 2 aromatic heterocycles. The van der Waals surface area contributed by atoms with Crippen molar-refractivity contribution in [3.8, 4) is 56.7 Å². The summed E-state index contributed by atoms with van der Waals surface area (Å²) in [5.74, 6) is 3.39. The first-order valence-electron chi connectivity index (χ1n) is 16.2. The Morgan fingerprint density at radius 1 is 0.280 bits per heavy atom. The number of hydrogen-bond donors (Lipinski definition) is 0. The fourth-order valence-corrected chi connectivity index (χ4v) is 6.77. The average Bonchev–Trinajstić information content (AvgIpc) is 3.50. The Labute approximate surface area is 291 Å². The summed E-state index contributed by atoms with van der Waals surface area (Å²) in [4.78, 5) is 31.4. The number of aromatic nitrogens is 6. The van der Waals surface area contributed by atoms with Crippen molar-refractivity contribution in [2.75, 3.05) is 0 Å². The van der Waals surface area contributed by atoms with E-state index in [1.54, 1.807) is 0 Å². The quantitative estimate of drug-likeness (QED) is 0.179. The Hall–Kier alpha value is -6.66. The van der Waals surface area contributed by atoms with Gasteiger partial charge in [-0.2, -0.15) is 0 Å². The van der Waals surface area contributed by atoms with E-state index in [1.807, 2.05) is 121 Å². The molecule has 0 saturated carbocycles. The smallest absolute Gasteiger partial charge is 0.163 e. The monoisotopic (exact) mass is 644 g/mol. The predicted molar refractivity (Wildman–Crippen MR) is 199 cm³/mol. The van der Waals surface area contributed by atoms with Gasteiger partial charge in [0.2, 0.25) is 0 Å². The molecule has 238 valence electrons. The third-order valence-corrected chi connectivity index (χ3v) is 9.02. The van der Waals surface area contributed by atoms with Crippen molar-refractivity contribution in [2.45, 2.75) is 12.8 Å². The third kappa shape index (κ3) is 5.06. The van der Waals surface area contributed by atoms with Crippen LogP contribution in [0.3, 0.4) is 0 Å². The van der Waals surface area contributed by atoms with E-state index in [4.69, 9.17) is 29.9 Å². The van der Waals surface area contributed by atoms with Gasteiger partial charge >= 0.3 is 0 Å². The Bertz CT molecular complexity index is 2140. The second-order valence-corrected chi connectivity index (χ2v) is 11.9. The summed E-state index contributed by atoms with van der Waals surface area (Å²) in [6, 6.07) is 57.1. The molecule has 9 rings (SSSR count). The fourth-order valence-electron chi connectivity index (χ4n) is 6.77. The van der Waals surface area contributed by atoms with Crippen LogP contribution >= 0.6 is 0 Å². The lowest BCUT2D eigenvalue weighted by atomic mass is 9.76. The molecule has 0 unspecified atom stereocenters. The number of rotatable bonds is 6. The fraction of sp³-hybridized carbons (Fsp3) is 0.0455. The van der Waals surface area contributed by atoms with Crippen LogP contribution < -0.4 is 0 Å². The summed E-state index contributed by atoms with van der Waals surface area (Å²) < 4.78 is 0. The molecule has 6 aromatic carbocycles. The van der Waals surface area contributed by atoms with E-state index in [0.717, 1.165) is 44.5 Å². The van der Waals surface area contributed by atoms with Gasteiger partial charge in [0.05, 0.1) is 0 Å². The van der Waals surface area contributed by atoms with Crippen LogP contribution in [-0.2, 0) is 5.41 Å². The van der Waals surface area contributed by atoms with E-state index in [9.17, 15) is 0 Å². The van der Waals surface area contributed by atoms with Crippen LogP contribution in [0.4, 0.5) is 0 Å². The lowest BCUT2D eigenvalue weighted by Gasteiger charge is -2.30. The van der Waals surface area contributed by atoms with Crippen molar-refractivity contribution in [3.05, 3.63) is 193 Å². The van der Waals surface area contributed by atoms with E-state index in [0.29, 0.717) is 34.9 Å². The van der Waals surface area contributed by atoms with Gasteiger partial charge in [0.15, 0.2) is 34.9 Å². The zero-order valence-corrected chi connectivity index (χ0v) is 26.3. The molecule has 0 amide bonds. The zero-order chi connectivity index (χ0) is 32.6. The third-order valence-electron chi connectivity index (χ3n) is 9.02. The van der Waals surface area contributed by atoms with Gasteiger partial charge in [0.25, 0.3) is 0 Å². The molecule has 0 radical (unpaired) electrons. The van der Waals surface area contributed by atoms with Gasteiger partial charge in [0, 0.05) is 22.3 Å². The summed E-state index contributed by atoms with van der Waals surface area (Å²) in [6.07, 6.45) is 0. The van der Waals surface area contributed by atoms with Crippen LogP contribution in [0.1, 0.15) is 30.2 Å². The van der Waals surface area contributed by atoms with Crippen LogP contribution in [0.25, 0.3) is 56.7 Å². The SMILES string of the molecule is C.c1ccc(-c2nc(-c3ccccc3)nc(C3(c4nc(-c5ccccc5)nc(-c5ccccc5)n4)c4ccccc4-c4ccccc43)n2)cc1. The highest BCUT2D eigenvalue weighted by Crippen LogP contribution is 2.54. The molecule has 0 saturated heterocycles. The van der Waals surface area contributed by atoms with E-state index in [-0.39, 0.29) is 7.43 Å². The minimum atomic E-state index is -1.10. The van der Waals surface area contributed by atoms with E-state index >= 15 is 0 Å². The second kappa shape index (κ2) is 12.7. The number of benzene rings is 6. The number of fused-ring (bicyclic) bond motifs is 3. The van der Waals surface area contributed by atoms with E-state index in [2.05, 4.69) is 48.5 Å². The highest BCUT2D eigenvalue weighted by atomic mass is 15.1. The first-order valence-corrected chi connectivity index (χ1v) is 16.2. The summed E-state index contributed by atoms with van der Waals surface area (Å²) in [5, 5.41) is 0. The first-order chi connectivity index (χ1) is 24.3. The summed E-state index contributed by atoms with van der Waals surface area (Å²) >= 11 is 0. The van der Waals surface area contributed by atoms with Crippen molar-refractivity contribution >= 4 is 0 Å². The normalized spacial score (nSPS) is 12.4. The molecule has 6 heteroatoms. The topological polar surface area (TPSA) is 77.3 Å². The molecule has 0 atom stereocenters. The molecule has 50 heavy (non-hydrogen) atoms. The Morgan fingerprint density at radius 2 is 0.540 bits per heavy atom. The Morgan fingerprint density at radius 3 is 0.840 bits per heavy atom. The van der Waals surface area contributed by atoms with Crippen LogP contribution in [0.2, 0.25) is 0 Å². The lowest BCUT2D eigenvalue weighted by molar-refractivity contribution is 0.639. The van der Waals surface area contributed by atoms with E-state index < -0.39 is 5.41 Å². The largest absolute Gasteiger partial charge is 0.211 e. The van der Waals surface area contributed by atoms with Gasteiger partial charge in [-0.05, 0) is 22.3 Å². The molecule has 1 aliphatic carbocycles. The molecular weight excluding hydrogens is 613 g/mol. The minimum Gasteiger partial charge on any atom is -0.211 e. The highest BCUT2D eigenvalue weighted by Gasteiger charge is 2.51. The maximum Gasteiger partial charge on any atom is 0.163 e. The lowest BCUT2D eigenvalue weighted by Crippen LogP contribution is -2.34. The van der Waals surface area contributed by atoms with Crippen LogP contribution in [-0.4, -0.2) is 29.9 Å². The zero-order valence-electron chi connectivity index (χ0n) is 26.3. The van der Waals surface area contributed by atoms with Gasteiger partial charge in [0.1, 0.15) is 5.41 Å². The maximum absolute atomic E-state index is 5.34. The van der Waals surface area contributed by atoms with Gasteiger partial charge in [-0.15, -0.1) is 0 Å². The molecule has 1 aliphatic rings. The molecular formula is C44H32N6. The molecule has 2 heterocycles. The molecule has 0 N–H and O–H groups in total. The summed E-state index contributed by atoms with van der Waals surface area (Å²) in [6.45, 7) is 0. The minimum absolute atomic E-state index is 0. The van der Waals surface area contributed by atoms with Gasteiger partial charge < -0.3 is 0 Å². The number of nitrogens with zero attached hydrogens (tertiary/aromatic N) is 6. The molecule has 0 fully saturated rings. The van der Waals surface area contributed by atoms with Crippen molar-refractivity contribution in [3.63, 3.8) is 0 Å². The van der Waals surface area contributed by atoms with Crippen LogP contribution in [0.5, 0.6) is 0 Å². The van der Waals surface area contributed by atoms with Crippen LogP contribution in [0.15, 0.2) is 170 Å². The van der Waals surface area contributed by atoms with E-state index in [1.165, 1.54) is 0 Å². The first kappa shape index (κ1) is 30.7. The molecule has 8 aromatic rings. The van der Waals surface area contributed by atoms with Gasteiger partial charge in [-0.3, -0.25) is 0 Å². The summed E-state index contributed by atoms with van der Waals surface area (Å²) in [7, 11) is 0. The summed E-state index contributed by atoms with van der Waals surface area (Å²) in [5.41, 5.74) is 6.65. The Kier molecular flexibility index (Phi) is 7.82.